The number of nitrogens with zero attached hydrogens (tertiary/aromatic N) is 3. The minimum atomic E-state index is -0.199. The first-order valence-electron chi connectivity index (χ1n) is 12.8. The van der Waals surface area contributed by atoms with Crippen molar-refractivity contribution in [2.24, 2.45) is 5.92 Å². The number of amides is 2. The number of ether oxygens (including phenoxy) is 1. The van der Waals surface area contributed by atoms with E-state index in [-0.39, 0.29) is 42.3 Å². The molecule has 2 aromatic carbocycles. The van der Waals surface area contributed by atoms with Gasteiger partial charge in [-0.1, -0.05) is 67.1 Å². The van der Waals surface area contributed by atoms with Crippen LogP contribution >= 0.6 is 0 Å². The number of benzene rings is 2. The number of carbonyl (C=O) groups is 2. The first-order valence-corrected chi connectivity index (χ1v) is 12.8. The standard InChI is InChI=1S/C29H35N3O3/c1-20(2)31-17-18-32-25(28(31)33)26(35-19-21-11-6-4-7-12-21)29(34)30(3)27(32)24-16-10-15-23(24)22-13-8-5-9-14-22/h4-9,11-14,20,23-24,27H,10,15-19H2,1-3H3. The Labute approximate surface area is 208 Å². The van der Waals surface area contributed by atoms with E-state index in [9.17, 15) is 9.59 Å². The molecule has 1 aliphatic carbocycles. The molecule has 0 radical (unpaired) electrons. The molecule has 1 saturated heterocycles. The van der Waals surface area contributed by atoms with Crippen molar-refractivity contribution < 1.29 is 14.3 Å². The summed E-state index contributed by atoms with van der Waals surface area (Å²) < 4.78 is 6.14. The summed E-state index contributed by atoms with van der Waals surface area (Å²) in [4.78, 5) is 33.4. The molecular weight excluding hydrogens is 438 g/mol. The van der Waals surface area contributed by atoms with E-state index in [4.69, 9.17) is 4.74 Å². The molecule has 3 atom stereocenters. The van der Waals surface area contributed by atoms with Crippen LogP contribution in [0.5, 0.6) is 0 Å². The van der Waals surface area contributed by atoms with E-state index in [0.717, 1.165) is 24.8 Å². The molecule has 3 aliphatic rings. The van der Waals surface area contributed by atoms with E-state index in [2.05, 4.69) is 29.2 Å². The fourth-order valence-corrected chi connectivity index (χ4v) is 6.10. The van der Waals surface area contributed by atoms with Gasteiger partial charge in [0.1, 0.15) is 12.8 Å². The Morgan fingerprint density at radius 2 is 1.60 bits per heavy atom. The number of hydrogen-bond acceptors (Lipinski definition) is 4. The number of rotatable bonds is 6. The average molecular weight is 474 g/mol. The third-order valence-electron chi connectivity index (χ3n) is 7.81. The van der Waals surface area contributed by atoms with E-state index in [0.29, 0.717) is 24.7 Å². The van der Waals surface area contributed by atoms with Gasteiger partial charge in [0.25, 0.3) is 11.8 Å². The molecule has 6 nitrogen and oxygen atoms in total. The van der Waals surface area contributed by atoms with Crippen LogP contribution in [0.3, 0.4) is 0 Å². The Hall–Kier alpha value is -3.28. The Kier molecular flexibility index (Phi) is 6.54. The van der Waals surface area contributed by atoms with Gasteiger partial charge in [0.15, 0.2) is 5.70 Å². The summed E-state index contributed by atoms with van der Waals surface area (Å²) in [5.74, 6) is 0.500. The lowest BCUT2D eigenvalue weighted by atomic mass is 9.84. The lowest BCUT2D eigenvalue weighted by molar-refractivity contribution is -0.151. The molecule has 5 rings (SSSR count). The van der Waals surface area contributed by atoms with Crippen LogP contribution < -0.4 is 0 Å². The molecule has 2 aromatic rings. The topological polar surface area (TPSA) is 53.1 Å². The lowest BCUT2D eigenvalue weighted by Crippen LogP contribution is -2.64. The van der Waals surface area contributed by atoms with E-state index < -0.39 is 0 Å². The highest BCUT2D eigenvalue weighted by atomic mass is 16.5. The van der Waals surface area contributed by atoms with Crippen molar-refractivity contribution in [3.63, 3.8) is 0 Å². The quantitative estimate of drug-likeness (QED) is 0.626. The summed E-state index contributed by atoms with van der Waals surface area (Å²) in [7, 11) is 1.87. The Morgan fingerprint density at radius 1 is 0.914 bits per heavy atom. The lowest BCUT2D eigenvalue weighted by Gasteiger charge is -2.51. The van der Waals surface area contributed by atoms with Crippen LogP contribution in [0.4, 0.5) is 0 Å². The molecule has 2 aliphatic heterocycles. The van der Waals surface area contributed by atoms with Crippen LogP contribution in [0.1, 0.15) is 50.2 Å². The van der Waals surface area contributed by atoms with Gasteiger partial charge in [0.2, 0.25) is 5.76 Å². The van der Waals surface area contributed by atoms with Gasteiger partial charge >= 0.3 is 0 Å². The van der Waals surface area contributed by atoms with Crippen LogP contribution in [0.15, 0.2) is 72.1 Å². The average Bonchev–Trinajstić information content (AvgIpc) is 3.35. The zero-order chi connectivity index (χ0) is 24.5. The molecule has 184 valence electrons. The molecule has 6 heteroatoms. The fraction of sp³-hybridized carbons (Fsp3) is 0.448. The van der Waals surface area contributed by atoms with Crippen molar-refractivity contribution >= 4 is 11.8 Å². The summed E-state index contributed by atoms with van der Waals surface area (Å²) in [6, 6.07) is 20.5. The second-order valence-electron chi connectivity index (χ2n) is 10.2. The van der Waals surface area contributed by atoms with Crippen molar-refractivity contribution in [2.45, 2.75) is 57.8 Å². The van der Waals surface area contributed by atoms with Crippen LogP contribution in [-0.4, -0.2) is 58.9 Å². The van der Waals surface area contributed by atoms with Gasteiger partial charge in [0, 0.05) is 32.1 Å². The number of likely N-dealkylation sites (N-methyl/N-ethyl adjacent to an activating group) is 1. The van der Waals surface area contributed by atoms with Gasteiger partial charge in [0.05, 0.1) is 0 Å². The highest BCUT2D eigenvalue weighted by Crippen LogP contribution is 2.46. The molecule has 1 saturated carbocycles. The van der Waals surface area contributed by atoms with Crippen molar-refractivity contribution in [1.29, 1.82) is 0 Å². The molecule has 0 spiro atoms. The molecule has 2 heterocycles. The SMILES string of the molecule is CC(C)N1CCN2C(=C(OCc3ccccc3)C(=O)N(C)C2C2CCCC2c2ccccc2)C1=O. The maximum absolute atomic E-state index is 13.8. The summed E-state index contributed by atoms with van der Waals surface area (Å²) in [5.41, 5.74) is 2.72. The second kappa shape index (κ2) is 9.76. The van der Waals surface area contributed by atoms with Crippen LogP contribution in [0.2, 0.25) is 0 Å². The molecule has 2 fully saturated rings. The van der Waals surface area contributed by atoms with E-state index >= 15 is 0 Å². The van der Waals surface area contributed by atoms with E-state index in [1.165, 1.54) is 5.56 Å². The number of hydrogen-bond donors (Lipinski definition) is 0. The summed E-state index contributed by atoms with van der Waals surface area (Å²) in [6.45, 7) is 5.64. The molecule has 0 bridgehead atoms. The van der Waals surface area contributed by atoms with Gasteiger partial charge in [-0.25, -0.2) is 0 Å². The third kappa shape index (κ3) is 4.30. The van der Waals surface area contributed by atoms with Crippen molar-refractivity contribution in [1.82, 2.24) is 14.7 Å². The first kappa shape index (κ1) is 23.5. The maximum Gasteiger partial charge on any atom is 0.292 e. The zero-order valence-corrected chi connectivity index (χ0v) is 20.9. The zero-order valence-electron chi connectivity index (χ0n) is 20.9. The Bertz CT molecular complexity index is 1100. The Balaban J connectivity index is 1.53. The molecule has 3 unspecified atom stereocenters. The molecule has 0 aromatic heterocycles. The van der Waals surface area contributed by atoms with Crippen LogP contribution in [-0.2, 0) is 20.9 Å². The molecule has 35 heavy (non-hydrogen) atoms. The molecular formula is C29H35N3O3. The summed E-state index contributed by atoms with van der Waals surface area (Å²) in [5, 5.41) is 0. The summed E-state index contributed by atoms with van der Waals surface area (Å²) >= 11 is 0. The normalized spacial score (nSPS) is 24.9. The fourth-order valence-electron chi connectivity index (χ4n) is 6.10. The van der Waals surface area contributed by atoms with E-state index in [1.54, 1.807) is 0 Å². The van der Waals surface area contributed by atoms with Crippen molar-refractivity contribution in [3.05, 3.63) is 83.2 Å². The van der Waals surface area contributed by atoms with Gasteiger partial charge in [-0.2, -0.15) is 0 Å². The predicted molar refractivity (Wildman–Crippen MR) is 135 cm³/mol. The van der Waals surface area contributed by atoms with Crippen molar-refractivity contribution in [2.75, 3.05) is 20.1 Å². The first-order chi connectivity index (χ1) is 17.0. The predicted octanol–water partition coefficient (Wildman–Crippen LogP) is 4.35. The molecule has 2 amide bonds. The maximum atomic E-state index is 13.8. The van der Waals surface area contributed by atoms with Gasteiger partial charge in [-0.15, -0.1) is 0 Å². The minimum absolute atomic E-state index is 0.0595. The van der Waals surface area contributed by atoms with Crippen LogP contribution in [0, 0.1) is 5.92 Å². The number of carbonyl (C=O) groups excluding carboxylic acids is 2. The Morgan fingerprint density at radius 3 is 2.29 bits per heavy atom. The third-order valence-corrected chi connectivity index (χ3v) is 7.81. The highest BCUT2D eigenvalue weighted by Gasteiger charge is 2.50. The monoisotopic (exact) mass is 473 g/mol. The number of fused-ring (bicyclic) bond motifs is 1. The van der Waals surface area contributed by atoms with Gasteiger partial charge < -0.3 is 19.4 Å². The summed E-state index contributed by atoms with van der Waals surface area (Å²) in [6.07, 6.45) is 3.10. The van der Waals surface area contributed by atoms with Gasteiger partial charge in [-0.05, 0) is 43.7 Å². The minimum Gasteiger partial charge on any atom is -0.481 e. The highest BCUT2D eigenvalue weighted by molar-refractivity contribution is 6.04. The number of piperazine rings is 1. The van der Waals surface area contributed by atoms with E-state index in [1.807, 2.05) is 67.1 Å². The van der Waals surface area contributed by atoms with Crippen molar-refractivity contribution in [3.8, 4) is 0 Å². The smallest absolute Gasteiger partial charge is 0.292 e. The largest absolute Gasteiger partial charge is 0.481 e. The van der Waals surface area contributed by atoms with Crippen LogP contribution in [0.25, 0.3) is 0 Å². The molecule has 0 N–H and O–H groups in total. The second-order valence-corrected chi connectivity index (χ2v) is 10.2. The van der Waals surface area contributed by atoms with Gasteiger partial charge in [-0.3, -0.25) is 9.59 Å².